The molecule has 27 heavy (non-hydrogen) atoms. The van der Waals surface area contributed by atoms with Crippen molar-refractivity contribution in [3.63, 3.8) is 0 Å². The van der Waals surface area contributed by atoms with E-state index in [2.05, 4.69) is 9.37 Å². The molecular formula is C19H14Cl2N2O3S. The Kier molecular flexibility index (Phi) is 6.11. The van der Waals surface area contributed by atoms with Gasteiger partial charge in [0.1, 0.15) is 6.54 Å². The minimum Gasteiger partial charge on any atom is -0.504 e. The number of aromatic hydroxyl groups is 1. The summed E-state index contributed by atoms with van der Waals surface area (Å²) >= 11 is 13.2. The molecule has 0 bridgehead atoms. The van der Waals surface area contributed by atoms with Crippen LogP contribution in [0.4, 0.5) is 0 Å². The largest absolute Gasteiger partial charge is 0.504 e. The van der Waals surface area contributed by atoms with Crippen LogP contribution in [0.25, 0.3) is 11.3 Å². The fraction of sp³-hybridized carbons (Fsp3) is 0.105. The minimum absolute atomic E-state index is 0.0136. The third-order valence-corrected chi connectivity index (χ3v) is 5.05. The molecule has 1 aromatic heterocycles. The van der Waals surface area contributed by atoms with E-state index in [1.807, 2.05) is 0 Å². The summed E-state index contributed by atoms with van der Waals surface area (Å²) in [5.74, 6) is 0.235. The van der Waals surface area contributed by atoms with Gasteiger partial charge in [0.2, 0.25) is 0 Å². The fourth-order valence-corrected chi connectivity index (χ4v) is 3.51. The first kappa shape index (κ1) is 19.4. The van der Waals surface area contributed by atoms with Crippen LogP contribution in [0.15, 0.2) is 47.5 Å². The number of aromatic nitrogens is 1. The third-order valence-electron chi connectivity index (χ3n) is 3.67. The van der Waals surface area contributed by atoms with Crippen LogP contribution >= 0.6 is 34.7 Å². The minimum atomic E-state index is -0.155. The van der Waals surface area contributed by atoms with Crippen LogP contribution in [-0.4, -0.2) is 35.1 Å². The maximum absolute atomic E-state index is 12.3. The summed E-state index contributed by atoms with van der Waals surface area (Å²) < 4.78 is 9.27. The number of phenols is 1. The van der Waals surface area contributed by atoms with Crippen LogP contribution < -0.4 is 4.74 Å². The fourth-order valence-electron chi connectivity index (χ4n) is 2.33. The van der Waals surface area contributed by atoms with Crippen molar-refractivity contribution in [2.75, 3.05) is 13.7 Å². The second-order valence-electron chi connectivity index (χ2n) is 5.52. The van der Waals surface area contributed by atoms with Crippen molar-refractivity contribution in [3.8, 4) is 22.8 Å². The van der Waals surface area contributed by atoms with Gasteiger partial charge in [0.15, 0.2) is 17.3 Å². The van der Waals surface area contributed by atoms with Crippen LogP contribution in [0, 0.1) is 0 Å². The van der Waals surface area contributed by atoms with Gasteiger partial charge in [-0.15, -0.1) is 0 Å². The van der Waals surface area contributed by atoms with E-state index in [9.17, 15) is 9.90 Å². The third kappa shape index (κ3) is 4.66. The van der Waals surface area contributed by atoms with Crippen molar-refractivity contribution in [3.05, 3.63) is 63.0 Å². The van der Waals surface area contributed by atoms with E-state index in [-0.39, 0.29) is 18.1 Å². The molecule has 0 amide bonds. The highest BCUT2D eigenvalue weighted by Gasteiger charge is 2.13. The number of ketones is 1. The lowest BCUT2D eigenvalue weighted by Gasteiger charge is -2.02. The number of nitrogens with zero attached hydrogens (tertiary/aromatic N) is 2. The molecule has 3 rings (SSSR count). The normalized spacial score (nSPS) is 11.1. The molecule has 0 fully saturated rings. The predicted molar refractivity (Wildman–Crippen MR) is 109 cm³/mol. The van der Waals surface area contributed by atoms with Crippen LogP contribution in [0.3, 0.4) is 0 Å². The molecule has 0 aliphatic carbocycles. The van der Waals surface area contributed by atoms with Crippen molar-refractivity contribution < 1.29 is 14.6 Å². The summed E-state index contributed by atoms with van der Waals surface area (Å²) in [7, 11) is 1.47. The highest BCUT2D eigenvalue weighted by molar-refractivity contribution is 7.08. The molecule has 0 atom stereocenters. The van der Waals surface area contributed by atoms with Gasteiger partial charge >= 0.3 is 0 Å². The summed E-state index contributed by atoms with van der Waals surface area (Å²) in [6.07, 6.45) is 1.52. The van der Waals surface area contributed by atoms with E-state index < -0.39 is 0 Å². The van der Waals surface area contributed by atoms with Gasteiger partial charge in [-0.3, -0.25) is 9.79 Å². The molecule has 2 aromatic carbocycles. The van der Waals surface area contributed by atoms with E-state index in [1.54, 1.807) is 36.4 Å². The van der Waals surface area contributed by atoms with Crippen molar-refractivity contribution in [2.45, 2.75) is 0 Å². The molecule has 0 saturated carbocycles. The zero-order valence-electron chi connectivity index (χ0n) is 14.1. The number of carbonyl (C=O) groups is 1. The number of methoxy groups -OCH3 is 1. The number of hydrogen-bond donors (Lipinski definition) is 1. The number of aliphatic imine (C=N–C) groups is 1. The first-order chi connectivity index (χ1) is 13.0. The molecule has 1 heterocycles. The number of rotatable bonds is 6. The standard InChI is InChI=1S/C19H14Cl2N2O3S/c1-26-18-5-2-11(6-16(18)24)9-22-10-17(25)19-8-15(23-27-19)13-4-3-12(20)7-14(13)21/h2-9,24H,10H2,1H3. The Balaban J connectivity index is 1.68. The summed E-state index contributed by atoms with van der Waals surface area (Å²) in [5, 5.41) is 10.8. The van der Waals surface area contributed by atoms with Gasteiger partial charge in [0.25, 0.3) is 0 Å². The first-order valence-corrected chi connectivity index (χ1v) is 9.33. The smallest absolute Gasteiger partial charge is 0.195 e. The Morgan fingerprint density at radius 3 is 2.78 bits per heavy atom. The van der Waals surface area contributed by atoms with Crippen LogP contribution in [0.2, 0.25) is 10.0 Å². The van der Waals surface area contributed by atoms with Crippen LogP contribution in [0.5, 0.6) is 11.5 Å². The van der Waals surface area contributed by atoms with Gasteiger partial charge in [-0.05, 0) is 59.6 Å². The summed E-state index contributed by atoms with van der Waals surface area (Å²) in [4.78, 5) is 16.9. The van der Waals surface area contributed by atoms with Gasteiger partial charge in [-0.2, -0.15) is 4.37 Å². The first-order valence-electron chi connectivity index (χ1n) is 7.80. The number of Topliss-reactive ketones (excluding diaryl/α,β-unsaturated/α-hetero) is 1. The highest BCUT2D eigenvalue weighted by Crippen LogP contribution is 2.31. The van der Waals surface area contributed by atoms with Gasteiger partial charge < -0.3 is 9.84 Å². The number of phenolic OH excluding ortho intramolecular Hbond substituents is 1. The molecule has 0 aliphatic rings. The summed E-state index contributed by atoms with van der Waals surface area (Å²) in [6, 6.07) is 11.7. The Hall–Kier alpha value is -2.41. The number of benzene rings is 2. The lowest BCUT2D eigenvalue weighted by Crippen LogP contribution is -2.01. The number of carbonyl (C=O) groups excluding carboxylic acids is 1. The second-order valence-corrected chi connectivity index (χ2v) is 7.17. The van der Waals surface area contributed by atoms with Crippen molar-refractivity contribution >= 4 is 46.7 Å². The monoisotopic (exact) mass is 420 g/mol. The molecule has 0 aliphatic heterocycles. The average molecular weight is 421 g/mol. The summed E-state index contributed by atoms with van der Waals surface area (Å²) in [6.45, 7) is -0.0250. The second kappa shape index (κ2) is 8.52. The van der Waals surface area contributed by atoms with E-state index in [4.69, 9.17) is 27.9 Å². The molecule has 8 heteroatoms. The van der Waals surface area contributed by atoms with Crippen LogP contribution in [0.1, 0.15) is 15.2 Å². The van der Waals surface area contributed by atoms with Gasteiger partial charge in [-0.25, -0.2) is 0 Å². The Morgan fingerprint density at radius 1 is 1.26 bits per heavy atom. The maximum atomic E-state index is 12.3. The van der Waals surface area contributed by atoms with Gasteiger partial charge in [0.05, 0.1) is 22.7 Å². The van der Waals surface area contributed by atoms with E-state index in [0.29, 0.717) is 37.5 Å². The molecule has 1 N–H and O–H groups in total. The zero-order chi connectivity index (χ0) is 19.4. The molecular weight excluding hydrogens is 407 g/mol. The molecule has 0 unspecified atom stereocenters. The topological polar surface area (TPSA) is 71.8 Å². The Labute approximate surface area is 170 Å². The van der Waals surface area contributed by atoms with Crippen molar-refractivity contribution in [1.29, 1.82) is 0 Å². The van der Waals surface area contributed by atoms with E-state index in [0.717, 1.165) is 11.5 Å². The maximum Gasteiger partial charge on any atom is 0.195 e. The van der Waals surface area contributed by atoms with Gasteiger partial charge in [-0.1, -0.05) is 23.2 Å². The Morgan fingerprint density at radius 2 is 2.07 bits per heavy atom. The van der Waals surface area contributed by atoms with Crippen molar-refractivity contribution in [1.82, 2.24) is 4.37 Å². The SMILES string of the molecule is COc1ccc(C=NCC(=O)c2cc(-c3ccc(Cl)cc3Cl)ns2)cc1O. The average Bonchev–Trinajstić information content (AvgIpc) is 3.11. The quantitative estimate of drug-likeness (QED) is 0.442. The lowest BCUT2D eigenvalue weighted by molar-refractivity contribution is 0.101. The van der Waals surface area contributed by atoms with E-state index >= 15 is 0 Å². The summed E-state index contributed by atoms with van der Waals surface area (Å²) in [5.41, 5.74) is 2.00. The highest BCUT2D eigenvalue weighted by atomic mass is 35.5. The van der Waals surface area contributed by atoms with E-state index in [1.165, 1.54) is 19.4 Å². The molecule has 5 nitrogen and oxygen atoms in total. The number of hydrogen-bond acceptors (Lipinski definition) is 6. The van der Waals surface area contributed by atoms with Crippen molar-refractivity contribution in [2.24, 2.45) is 4.99 Å². The van der Waals surface area contributed by atoms with Gasteiger partial charge in [0, 0.05) is 16.8 Å². The molecule has 0 radical (unpaired) electrons. The molecule has 0 spiro atoms. The lowest BCUT2D eigenvalue weighted by atomic mass is 10.1. The molecule has 3 aromatic rings. The van der Waals surface area contributed by atoms with Crippen LogP contribution in [-0.2, 0) is 0 Å². The predicted octanol–water partition coefficient (Wildman–Crippen LogP) is 5.13. The molecule has 0 saturated heterocycles. The number of ether oxygens (including phenoxy) is 1. The zero-order valence-corrected chi connectivity index (χ0v) is 16.5. The Bertz CT molecular complexity index is 1020. The number of halogens is 2. The molecule has 138 valence electrons.